The molecule has 0 bridgehead atoms. The Bertz CT molecular complexity index is 474. The van der Waals surface area contributed by atoms with Crippen LogP contribution < -0.4 is 0 Å². The van der Waals surface area contributed by atoms with E-state index < -0.39 is 0 Å². The zero-order valence-corrected chi connectivity index (χ0v) is 12.6. The average Bonchev–Trinajstić information content (AvgIpc) is 2.49. The van der Waals surface area contributed by atoms with Crippen molar-refractivity contribution in [2.24, 2.45) is 0 Å². The number of hydrogen-bond donors (Lipinski definition) is 1. The van der Waals surface area contributed by atoms with Crippen molar-refractivity contribution in [3.8, 4) is 11.8 Å². The summed E-state index contributed by atoms with van der Waals surface area (Å²) in [4.78, 5) is 2.07. The van der Waals surface area contributed by atoms with Crippen molar-refractivity contribution >= 4 is 0 Å². The number of nitrogens with zero attached hydrogens (tertiary/aromatic N) is 1. The Hall–Kier alpha value is -1.45. The van der Waals surface area contributed by atoms with Crippen molar-refractivity contribution in [3.05, 3.63) is 35.1 Å². The van der Waals surface area contributed by atoms with Gasteiger partial charge >= 0.3 is 0 Å². The van der Waals surface area contributed by atoms with E-state index in [-0.39, 0.29) is 12.4 Å². The molecule has 1 N–H and O–H groups in total. The van der Waals surface area contributed by atoms with Gasteiger partial charge in [-0.2, -0.15) is 0 Å². The minimum Gasteiger partial charge on any atom is -0.384 e. The third kappa shape index (κ3) is 6.69. The van der Waals surface area contributed by atoms with Gasteiger partial charge in [0.25, 0.3) is 0 Å². The van der Waals surface area contributed by atoms with Crippen LogP contribution in [-0.4, -0.2) is 57.1 Å². The lowest BCUT2D eigenvalue weighted by Gasteiger charge is -2.22. The summed E-state index contributed by atoms with van der Waals surface area (Å²) in [7, 11) is 3.29. The summed E-state index contributed by atoms with van der Waals surface area (Å²) >= 11 is 0. The molecule has 1 rings (SSSR count). The predicted octanol–water partition coefficient (Wildman–Crippen LogP) is 1.26. The molecule has 0 aromatic heterocycles. The van der Waals surface area contributed by atoms with E-state index >= 15 is 0 Å². The van der Waals surface area contributed by atoms with Crippen molar-refractivity contribution in [2.45, 2.75) is 6.54 Å². The van der Waals surface area contributed by atoms with Crippen LogP contribution in [0.25, 0.3) is 0 Å². The molecule has 0 aliphatic rings. The molecule has 0 spiro atoms. The summed E-state index contributed by atoms with van der Waals surface area (Å²) in [6, 6.07) is 4.87. The lowest BCUT2D eigenvalue weighted by atomic mass is 10.1. The standard InChI is InChI=1S/C16H22FNO3/c1-20-10-7-18(8-11-21-2)13-15-6-5-14(4-3-9-19)12-16(15)17/h5-6,12,19H,7-11,13H2,1-2H3. The molecular weight excluding hydrogens is 273 g/mol. The first-order chi connectivity index (χ1) is 10.2. The molecule has 0 amide bonds. The van der Waals surface area contributed by atoms with Gasteiger partial charge in [0.15, 0.2) is 0 Å². The third-order valence-corrected chi connectivity index (χ3v) is 2.98. The average molecular weight is 295 g/mol. The van der Waals surface area contributed by atoms with Crippen LogP contribution in [0.2, 0.25) is 0 Å². The number of ether oxygens (including phenoxy) is 2. The van der Waals surface area contributed by atoms with E-state index in [1.807, 2.05) is 0 Å². The second kappa shape index (κ2) is 10.3. The molecule has 0 unspecified atom stereocenters. The van der Waals surface area contributed by atoms with E-state index in [0.717, 1.165) is 0 Å². The number of methoxy groups -OCH3 is 2. The van der Waals surface area contributed by atoms with Gasteiger partial charge in [0, 0.05) is 45.0 Å². The van der Waals surface area contributed by atoms with Gasteiger partial charge in [0.1, 0.15) is 12.4 Å². The molecule has 0 saturated carbocycles. The van der Waals surface area contributed by atoms with Crippen LogP contribution in [-0.2, 0) is 16.0 Å². The summed E-state index contributed by atoms with van der Waals surface area (Å²) in [6.07, 6.45) is 0. The maximum Gasteiger partial charge on any atom is 0.128 e. The van der Waals surface area contributed by atoms with Crippen LogP contribution in [0.5, 0.6) is 0 Å². The van der Waals surface area contributed by atoms with Gasteiger partial charge in [-0.1, -0.05) is 17.9 Å². The van der Waals surface area contributed by atoms with E-state index in [9.17, 15) is 4.39 Å². The van der Waals surface area contributed by atoms with Crippen LogP contribution in [0.4, 0.5) is 4.39 Å². The second-order valence-corrected chi connectivity index (χ2v) is 4.53. The van der Waals surface area contributed by atoms with Gasteiger partial charge in [-0.05, 0) is 12.1 Å². The minimum absolute atomic E-state index is 0.231. The monoisotopic (exact) mass is 295 g/mol. The lowest BCUT2D eigenvalue weighted by molar-refractivity contribution is 0.109. The molecule has 0 heterocycles. The van der Waals surface area contributed by atoms with E-state index in [2.05, 4.69) is 16.7 Å². The van der Waals surface area contributed by atoms with Gasteiger partial charge in [0.05, 0.1) is 13.2 Å². The molecule has 1 aromatic carbocycles. The van der Waals surface area contributed by atoms with Crippen molar-refractivity contribution in [1.29, 1.82) is 0 Å². The fraction of sp³-hybridized carbons (Fsp3) is 0.500. The number of rotatable bonds is 8. The van der Waals surface area contributed by atoms with Crippen LogP contribution >= 0.6 is 0 Å². The van der Waals surface area contributed by atoms with E-state index in [1.165, 1.54) is 6.07 Å². The summed E-state index contributed by atoms with van der Waals surface area (Å²) in [5.41, 5.74) is 1.17. The highest BCUT2D eigenvalue weighted by molar-refractivity contribution is 5.37. The smallest absolute Gasteiger partial charge is 0.128 e. The molecule has 0 radical (unpaired) electrons. The summed E-state index contributed by atoms with van der Waals surface area (Å²) in [5, 5.41) is 8.64. The Morgan fingerprint density at radius 1 is 1.19 bits per heavy atom. The normalized spacial score (nSPS) is 10.5. The summed E-state index contributed by atoms with van der Waals surface area (Å²) in [5.74, 6) is 4.90. The van der Waals surface area contributed by atoms with Crippen molar-refractivity contribution in [1.82, 2.24) is 4.90 Å². The van der Waals surface area contributed by atoms with Gasteiger partial charge in [0.2, 0.25) is 0 Å². The largest absolute Gasteiger partial charge is 0.384 e. The molecule has 4 nitrogen and oxygen atoms in total. The molecule has 116 valence electrons. The highest BCUT2D eigenvalue weighted by atomic mass is 19.1. The molecule has 0 aliphatic carbocycles. The van der Waals surface area contributed by atoms with Gasteiger partial charge in [-0.3, -0.25) is 4.90 Å². The summed E-state index contributed by atoms with van der Waals surface area (Å²) < 4.78 is 24.2. The quantitative estimate of drug-likeness (QED) is 0.733. The molecule has 1 aromatic rings. The Kier molecular flexibility index (Phi) is 8.63. The number of aliphatic hydroxyl groups is 1. The molecule has 5 heteroatoms. The van der Waals surface area contributed by atoms with Crippen molar-refractivity contribution in [3.63, 3.8) is 0 Å². The molecule has 0 aliphatic heterocycles. The van der Waals surface area contributed by atoms with Crippen LogP contribution in [0.1, 0.15) is 11.1 Å². The number of aliphatic hydroxyl groups excluding tert-OH is 1. The third-order valence-electron chi connectivity index (χ3n) is 2.98. The predicted molar refractivity (Wildman–Crippen MR) is 79.4 cm³/mol. The maximum atomic E-state index is 14.1. The first-order valence-corrected chi connectivity index (χ1v) is 6.79. The van der Waals surface area contributed by atoms with Crippen LogP contribution in [0.15, 0.2) is 18.2 Å². The first kappa shape index (κ1) is 17.6. The van der Waals surface area contributed by atoms with Crippen molar-refractivity contribution < 1.29 is 19.0 Å². The molecular formula is C16H22FNO3. The van der Waals surface area contributed by atoms with E-state index in [4.69, 9.17) is 14.6 Å². The molecule has 0 atom stereocenters. The zero-order chi connectivity index (χ0) is 15.5. The van der Waals surface area contributed by atoms with Gasteiger partial charge in [-0.25, -0.2) is 4.39 Å². The number of benzene rings is 1. The van der Waals surface area contributed by atoms with E-state index in [1.54, 1.807) is 26.4 Å². The Labute approximate surface area is 125 Å². The maximum absolute atomic E-state index is 14.1. The topological polar surface area (TPSA) is 41.9 Å². The van der Waals surface area contributed by atoms with Crippen molar-refractivity contribution in [2.75, 3.05) is 47.1 Å². The van der Waals surface area contributed by atoms with Crippen LogP contribution in [0, 0.1) is 17.7 Å². The highest BCUT2D eigenvalue weighted by Crippen LogP contribution is 2.12. The van der Waals surface area contributed by atoms with Gasteiger partial charge < -0.3 is 14.6 Å². The fourth-order valence-electron chi connectivity index (χ4n) is 1.85. The second-order valence-electron chi connectivity index (χ2n) is 4.53. The Morgan fingerprint density at radius 3 is 2.38 bits per heavy atom. The SMILES string of the molecule is COCCN(CCOC)Cc1ccc(C#CCO)cc1F. The molecule has 0 fully saturated rings. The zero-order valence-electron chi connectivity index (χ0n) is 12.6. The fourth-order valence-corrected chi connectivity index (χ4v) is 1.85. The number of halogens is 1. The Morgan fingerprint density at radius 2 is 1.86 bits per heavy atom. The molecule has 21 heavy (non-hydrogen) atoms. The number of hydrogen-bond acceptors (Lipinski definition) is 4. The van der Waals surface area contributed by atoms with Crippen LogP contribution in [0.3, 0.4) is 0 Å². The lowest BCUT2D eigenvalue weighted by Crippen LogP contribution is -2.30. The minimum atomic E-state index is -0.292. The Balaban J connectivity index is 2.73. The highest BCUT2D eigenvalue weighted by Gasteiger charge is 2.09. The van der Waals surface area contributed by atoms with Gasteiger partial charge in [-0.15, -0.1) is 0 Å². The first-order valence-electron chi connectivity index (χ1n) is 6.79. The summed E-state index contributed by atoms with van der Waals surface area (Å²) in [6.45, 7) is 2.87. The molecule has 0 saturated heterocycles. The van der Waals surface area contributed by atoms with E-state index in [0.29, 0.717) is 44.0 Å².